The number of benzene rings is 1. The van der Waals surface area contributed by atoms with Gasteiger partial charge >= 0.3 is 5.97 Å². The number of nitrogens with zero attached hydrogens (tertiary/aromatic N) is 2. The Hall–Kier alpha value is -1.84. The standard InChI is InChI=1S/C17H22N2O2/c1-12-18-15-10-9-13(17(20)21)11-16(15)19(12)14-7-5-3-2-4-6-8-14/h9-11,14H,2-8H2,1H3,(H,20,21). The summed E-state index contributed by atoms with van der Waals surface area (Å²) in [6.45, 7) is 2.03. The molecule has 0 amide bonds. The minimum atomic E-state index is -0.875. The fourth-order valence-electron chi connectivity index (χ4n) is 3.50. The van der Waals surface area contributed by atoms with Crippen molar-refractivity contribution >= 4 is 17.0 Å². The average Bonchev–Trinajstić information content (AvgIpc) is 2.74. The maximum absolute atomic E-state index is 11.2. The molecule has 1 aromatic carbocycles. The Morgan fingerprint density at radius 1 is 1.19 bits per heavy atom. The van der Waals surface area contributed by atoms with Gasteiger partial charge in [-0.25, -0.2) is 9.78 Å². The van der Waals surface area contributed by atoms with Gasteiger partial charge < -0.3 is 9.67 Å². The molecule has 1 aliphatic carbocycles. The lowest BCUT2D eigenvalue weighted by Crippen LogP contribution is -2.12. The predicted octanol–water partition coefficient (Wildman–Crippen LogP) is 4.33. The molecule has 0 unspecified atom stereocenters. The van der Waals surface area contributed by atoms with Crippen LogP contribution in [0, 0.1) is 6.92 Å². The molecule has 1 aliphatic rings. The molecule has 0 radical (unpaired) electrons. The average molecular weight is 286 g/mol. The van der Waals surface area contributed by atoms with E-state index in [1.807, 2.05) is 13.0 Å². The van der Waals surface area contributed by atoms with E-state index in [0.717, 1.165) is 16.9 Å². The van der Waals surface area contributed by atoms with E-state index < -0.39 is 5.97 Å². The van der Waals surface area contributed by atoms with E-state index >= 15 is 0 Å². The number of carboxylic acid groups (broad SMARTS) is 1. The molecule has 1 heterocycles. The van der Waals surface area contributed by atoms with Gasteiger partial charge in [-0.05, 0) is 38.0 Å². The number of hydrogen-bond acceptors (Lipinski definition) is 2. The molecule has 4 heteroatoms. The number of carbonyl (C=O) groups is 1. The zero-order valence-electron chi connectivity index (χ0n) is 12.5. The topological polar surface area (TPSA) is 55.1 Å². The first-order valence-electron chi connectivity index (χ1n) is 7.88. The molecule has 21 heavy (non-hydrogen) atoms. The van der Waals surface area contributed by atoms with E-state index in [1.54, 1.807) is 12.1 Å². The highest BCUT2D eigenvalue weighted by molar-refractivity contribution is 5.92. The number of aromatic carboxylic acids is 1. The van der Waals surface area contributed by atoms with Crippen LogP contribution < -0.4 is 0 Å². The lowest BCUT2D eigenvalue weighted by atomic mass is 9.96. The molecule has 1 saturated carbocycles. The van der Waals surface area contributed by atoms with Gasteiger partial charge in [-0.15, -0.1) is 0 Å². The molecule has 0 saturated heterocycles. The minimum absolute atomic E-state index is 0.342. The van der Waals surface area contributed by atoms with Crippen LogP contribution in [0.4, 0.5) is 0 Å². The first-order chi connectivity index (χ1) is 10.2. The second kappa shape index (κ2) is 5.88. The Morgan fingerprint density at radius 2 is 1.86 bits per heavy atom. The lowest BCUT2D eigenvalue weighted by Gasteiger charge is -2.23. The van der Waals surface area contributed by atoms with E-state index in [9.17, 15) is 9.90 Å². The van der Waals surface area contributed by atoms with Crippen LogP contribution in [0.5, 0.6) is 0 Å². The molecule has 0 atom stereocenters. The lowest BCUT2D eigenvalue weighted by molar-refractivity contribution is 0.0697. The summed E-state index contributed by atoms with van der Waals surface area (Å²) >= 11 is 0. The number of rotatable bonds is 2. The summed E-state index contributed by atoms with van der Waals surface area (Å²) in [7, 11) is 0. The Balaban J connectivity index is 2.04. The normalized spacial score (nSPS) is 17.6. The minimum Gasteiger partial charge on any atom is -0.478 e. The highest BCUT2D eigenvalue weighted by atomic mass is 16.4. The Bertz CT molecular complexity index is 652. The zero-order valence-corrected chi connectivity index (χ0v) is 12.5. The van der Waals surface area contributed by atoms with Gasteiger partial charge in [0.2, 0.25) is 0 Å². The summed E-state index contributed by atoms with van der Waals surface area (Å²) in [5.41, 5.74) is 2.21. The van der Waals surface area contributed by atoms with Crippen molar-refractivity contribution < 1.29 is 9.90 Å². The monoisotopic (exact) mass is 286 g/mol. The third-order valence-electron chi connectivity index (χ3n) is 4.55. The van der Waals surface area contributed by atoms with Crippen LogP contribution in [0.25, 0.3) is 11.0 Å². The van der Waals surface area contributed by atoms with Crippen molar-refractivity contribution in [2.45, 2.75) is 57.9 Å². The Kier molecular flexibility index (Phi) is 3.95. The van der Waals surface area contributed by atoms with Crippen molar-refractivity contribution in [2.24, 2.45) is 0 Å². The first-order valence-corrected chi connectivity index (χ1v) is 7.88. The number of hydrogen-bond donors (Lipinski definition) is 1. The number of imidazole rings is 1. The summed E-state index contributed by atoms with van der Waals surface area (Å²) in [6.07, 6.45) is 8.81. The van der Waals surface area contributed by atoms with Crippen LogP contribution in [0.15, 0.2) is 18.2 Å². The van der Waals surface area contributed by atoms with Crippen LogP contribution in [0.1, 0.15) is 67.2 Å². The highest BCUT2D eigenvalue weighted by Crippen LogP contribution is 2.31. The number of fused-ring (bicyclic) bond motifs is 1. The van der Waals surface area contributed by atoms with Crippen molar-refractivity contribution in [3.63, 3.8) is 0 Å². The van der Waals surface area contributed by atoms with Crippen LogP contribution in [0.3, 0.4) is 0 Å². The predicted molar refractivity (Wildman–Crippen MR) is 82.8 cm³/mol. The van der Waals surface area contributed by atoms with Gasteiger partial charge in [-0.2, -0.15) is 0 Å². The molecule has 112 valence electrons. The summed E-state index contributed by atoms with van der Waals surface area (Å²) in [5.74, 6) is 0.123. The van der Waals surface area contributed by atoms with E-state index in [0.29, 0.717) is 11.6 Å². The van der Waals surface area contributed by atoms with Crippen LogP contribution in [-0.2, 0) is 0 Å². The van der Waals surface area contributed by atoms with Gasteiger partial charge in [0.05, 0.1) is 16.6 Å². The third kappa shape index (κ3) is 2.80. The van der Waals surface area contributed by atoms with Gasteiger partial charge in [0.25, 0.3) is 0 Å². The van der Waals surface area contributed by atoms with E-state index in [4.69, 9.17) is 0 Å². The van der Waals surface area contributed by atoms with Crippen molar-refractivity contribution in [3.8, 4) is 0 Å². The maximum Gasteiger partial charge on any atom is 0.335 e. The highest BCUT2D eigenvalue weighted by Gasteiger charge is 2.19. The molecular formula is C17H22N2O2. The van der Waals surface area contributed by atoms with Crippen LogP contribution in [-0.4, -0.2) is 20.6 Å². The number of aryl methyl sites for hydroxylation is 1. The molecule has 1 N–H and O–H groups in total. The number of carboxylic acids is 1. The molecule has 1 fully saturated rings. The van der Waals surface area contributed by atoms with Gasteiger partial charge in [-0.1, -0.05) is 32.1 Å². The largest absolute Gasteiger partial charge is 0.478 e. The molecule has 0 bridgehead atoms. The molecule has 0 aliphatic heterocycles. The summed E-state index contributed by atoms with van der Waals surface area (Å²) < 4.78 is 2.27. The summed E-state index contributed by atoms with van der Waals surface area (Å²) in [5, 5.41) is 9.20. The van der Waals surface area contributed by atoms with Crippen molar-refractivity contribution in [1.82, 2.24) is 9.55 Å². The molecule has 2 aromatic rings. The fraction of sp³-hybridized carbons (Fsp3) is 0.529. The van der Waals surface area contributed by atoms with Crippen LogP contribution >= 0.6 is 0 Å². The quantitative estimate of drug-likeness (QED) is 0.894. The van der Waals surface area contributed by atoms with Crippen molar-refractivity contribution in [2.75, 3.05) is 0 Å². The SMILES string of the molecule is Cc1nc2ccc(C(=O)O)cc2n1C1CCCCCCC1. The summed E-state index contributed by atoms with van der Waals surface area (Å²) in [4.78, 5) is 15.8. The first kappa shape index (κ1) is 14.1. The van der Waals surface area contributed by atoms with E-state index in [1.165, 1.54) is 44.9 Å². The van der Waals surface area contributed by atoms with Gasteiger partial charge in [0, 0.05) is 6.04 Å². The molecule has 0 spiro atoms. The third-order valence-corrected chi connectivity index (χ3v) is 4.55. The van der Waals surface area contributed by atoms with E-state index in [2.05, 4.69) is 9.55 Å². The maximum atomic E-state index is 11.2. The Morgan fingerprint density at radius 3 is 2.52 bits per heavy atom. The van der Waals surface area contributed by atoms with E-state index in [-0.39, 0.29) is 0 Å². The van der Waals surface area contributed by atoms with Crippen LogP contribution in [0.2, 0.25) is 0 Å². The second-order valence-corrected chi connectivity index (χ2v) is 6.04. The second-order valence-electron chi connectivity index (χ2n) is 6.04. The Labute approximate surface area is 124 Å². The smallest absolute Gasteiger partial charge is 0.335 e. The zero-order chi connectivity index (χ0) is 14.8. The molecule has 4 nitrogen and oxygen atoms in total. The molecule has 3 rings (SSSR count). The number of aromatic nitrogens is 2. The fourth-order valence-corrected chi connectivity index (χ4v) is 3.50. The molecular weight excluding hydrogens is 264 g/mol. The van der Waals surface area contributed by atoms with Gasteiger partial charge in [-0.3, -0.25) is 0 Å². The van der Waals surface area contributed by atoms with Crippen molar-refractivity contribution in [1.29, 1.82) is 0 Å². The van der Waals surface area contributed by atoms with Gasteiger partial charge in [0.15, 0.2) is 0 Å². The van der Waals surface area contributed by atoms with Crippen molar-refractivity contribution in [3.05, 3.63) is 29.6 Å². The molecule has 1 aromatic heterocycles. The summed E-state index contributed by atoms with van der Waals surface area (Å²) in [6, 6.07) is 5.70. The van der Waals surface area contributed by atoms with Gasteiger partial charge in [0.1, 0.15) is 5.82 Å².